The summed E-state index contributed by atoms with van der Waals surface area (Å²) in [4.78, 5) is 4.01. The van der Waals surface area contributed by atoms with Gasteiger partial charge in [0.1, 0.15) is 17.2 Å². The summed E-state index contributed by atoms with van der Waals surface area (Å²) in [7, 11) is 0. The van der Waals surface area contributed by atoms with Gasteiger partial charge in [-0.2, -0.15) is 48.3 Å². The zero-order chi connectivity index (χ0) is 29.2. The first-order chi connectivity index (χ1) is 17.9. The Morgan fingerprint density at radius 1 is 0.795 bits per heavy atom. The molecule has 2 aromatic carbocycles. The summed E-state index contributed by atoms with van der Waals surface area (Å²) in [6.07, 6.45) is -18.0. The van der Waals surface area contributed by atoms with Crippen molar-refractivity contribution >= 4 is 5.69 Å². The van der Waals surface area contributed by atoms with Crippen LogP contribution in [0.4, 0.5) is 54.0 Å². The Kier molecular flexibility index (Phi) is 8.34. The number of benzene rings is 2. The van der Waals surface area contributed by atoms with E-state index in [0.717, 1.165) is 35.4 Å². The van der Waals surface area contributed by atoms with Gasteiger partial charge in [-0.15, -0.1) is 0 Å². The molecule has 0 radical (unpaired) electrons. The molecule has 1 N–H and O–H groups in total. The molecule has 0 fully saturated rings. The van der Waals surface area contributed by atoms with Gasteiger partial charge >= 0.3 is 24.5 Å². The van der Waals surface area contributed by atoms with Crippen molar-refractivity contribution in [3.05, 3.63) is 83.7 Å². The highest BCUT2D eigenvalue weighted by molar-refractivity contribution is 5.52. The van der Waals surface area contributed by atoms with Gasteiger partial charge < -0.3 is 14.7 Å². The van der Waals surface area contributed by atoms with Crippen molar-refractivity contribution in [3.63, 3.8) is 0 Å². The van der Waals surface area contributed by atoms with Crippen molar-refractivity contribution in [3.8, 4) is 11.5 Å². The normalized spacial score (nSPS) is 13.7. The third-order valence-electron chi connectivity index (χ3n) is 5.23. The Morgan fingerprint density at radius 2 is 1.44 bits per heavy atom. The number of anilines is 1. The van der Waals surface area contributed by atoms with Crippen LogP contribution in [-0.4, -0.2) is 35.1 Å². The molecule has 0 aliphatic heterocycles. The van der Waals surface area contributed by atoms with E-state index in [1.54, 1.807) is 0 Å². The first-order valence-electron chi connectivity index (χ1n) is 10.7. The highest BCUT2D eigenvalue weighted by Crippen LogP contribution is 2.44. The van der Waals surface area contributed by atoms with E-state index in [0.29, 0.717) is 18.2 Å². The van der Waals surface area contributed by atoms with Gasteiger partial charge in [-0.3, -0.25) is 4.98 Å². The van der Waals surface area contributed by atoms with Crippen LogP contribution in [0.25, 0.3) is 0 Å². The van der Waals surface area contributed by atoms with Crippen LogP contribution in [0, 0.1) is 0 Å². The van der Waals surface area contributed by atoms with Crippen LogP contribution in [-0.2, 0) is 18.6 Å². The van der Waals surface area contributed by atoms with Gasteiger partial charge in [0.05, 0.1) is 6.54 Å². The first kappa shape index (κ1) is 29.9. The molecule has 1 aromatic heterocycles. The van der Waals surface area contributed by atoms with Crippen LogP contribution in [0.3, 0.4) is 0 Å². The molecule has 0 aliphatic rings. The monoisotopic (exact) mass is 574 g/mol. The largest absolute Gasteiger partial charge is 0.458 e. The van der Waals surface area contributed by atoms with Crippen molar-refractivity contribution in [1.29, 1.82) is 0 Å². The molecule has 0 saturated carbocycles. The summed E-state index contributed by atoms with van der Waals surface area (Å²) in [5.74, 6) is -5.72. The summed E-state index contributed by atoms with van der Waals surface area (Å²) in [5, 5.41) is 9.62. The van der Waals surface area contributed by atoms with Crippen LogP contribution in [0.5, 0.6) is 11.5 Å². The number of aliphatic hydroxyl groups excluding tert-OH is 1. The highest BCUT2D eigenvalue weighted by atomic mass is 19.4. The molecular weight excluding hydrogens is 557 g/mol. The van der Waals surface area contributed by atoms with Gasteiger partial charge in [0.2, 0.25) is 0 Å². The molecule has 1 heterocycles. The number of halogens is 11. The van der Waals surface area contributed by atoms with Crippen LogP contribution >= 0.6 is 0 Å². The number of hydrogen-bond donors (Lipinski definition) is 1. The van der Waals surface area contributed by atoms with Gasteiger partial charge in [-0.1, -0.05) is 24.3 Å². The average Bonchev–Trinajstić information content (AvgIpc) is 2.82. The zero-order valence-electron chi connectivity index (χ0n) is 19.2. The predicted octanol–water partition coefficient (Wildman–Crippen LogP) is 7.48. The van der Waals surface area contributed by atoms with E-state index >= 15 is 0 Å². The van der Waals surface area contributed by atoms with Gasteiger partial charge in [-0.05, 0) is 29.8 Å². The van der Waals surface area contributed by atoms with E-state index in [1.807, 2.05) is 0 Å². The van der Waals surface area contributed by atoms with Gasteiger partial charge in [0, 0.05) is 36.1 Å². The van der Waals surface area contributed by atoms with Crippen LogP contribution < -0.4 is 9.64 Å². The maximum Gasteiger partial charge on any atom is 0.458 e. The third-order valence-corrected chi connectivity index (χ3v) is 5.23. The Labute approximate surface area is 213 Å². The lowest BCUT2D eigenvalue weighted by molar-refractivity contribution is -0.289. The lowest BCUT2D eigenvalue weighted by atomic mass is 10.0. The lowest BCUT2D eigenvalue weighted by Crippen LogP contribution is -2.41. The molecular formula is C24H17F11N2O2. The maximum absolute atomic E-state index is 13.8. The minimum atomic E-state index is -5.93. The van der Waals surface area contributed by atoms with Crippen molar-refractivity contribution in [1.82, 2.24) is 4.98 Å². The van der Waals surface area contributed by atoms with Crippen LogP contribution in [0.15, 0.2) is 66.9 Å². The summed E-state index contributed by atoms with van der Waals surface area (Å²) >= 11 is 0. The molecule has 0 spiro atoms. The van der Waals surface area contributed by atoms with E-state index in [-0.39, 0.29) is 22.7 Å². The van der Waals surface area contributed by atoms with E-state index in [2.05, 4.69) is 4.98 Å². The quantitative estimate of drug-likeness (QED) is 0.284. The number of pyridine rings is 1. The Bertz CT molecular complexity index is 1270. The lowest BCUT2D eigenvalue weighted by Gasteiger charge is -2.29. The molecule has 3 rings (SSSR count). The number of ether oxygens (including phenoxy) is 1. The third kappa shape index (κ3) is 7.49. The molecule has 3 aromatic rings. The average molecular weight is 574 g/mol. The molecule has 15 heteroatoms. The number of aliphatic hydroxyl groups is 1. The predicted molar refractivity (Wildman–Crippen MR) is 115 cm³/mol. The summed E-state index contributed by atoms with van der Waals surface area (Å²) in [6.45, 7) is -1.83. The topological polar surface area (TPSA) is 45.6 Å². The molecule has 0 bridgehead atoms. The molecule has 0 amide bonds. The molecule has 39 heavy (non-hydrogen) atoms. The Morgan fingerprint density at radius 3 is 2.05 bits per heavy atom. The number of hydrogen-bond acceptors (Lipinski definition) is 4. The van der Waals surface area contributed by atoms with E-state index < -0.39 is 54.9 Å². The van der Waals surface area contributed by atoms with E-state index in [9.17, 15) is 53.4 Å². The molecule has 4 nitrogen and oxygen atoms in total. The molecule has 0 saturated heterocycles. The fourth-order valence-corrected chi connectivity index (χ4v) is 3.33. The second-order valence-electron chi connectivity index (χ2n) is 8.18. The number of alkyl halides is 11. The molecule has 1 unspecified atom stereocenters. The van der Waals surface area contributed by atoms with Gasteiger partial charge in [0.15, 0.2) is 6.10 Å². The number of aromatic nitrogens is 1. The smallest absolute Gasteiger partial charge is 0.457 e. The van der Waals surface area contributed by atoms with Crippen molar-refractivity contribution in [2.45, 2.75) is 37.1 Å². The minimum Gasteiger partial charge on any atom is -0.457 e. The van der Waals surface area contributed by atoms with Crippen molar-refractivity contribution in [2.24, 2.45) is 0 Å². The summed E-state index contributed by atoms with van der Waals surface area (Å²) < 4.78 is 149. The molecule has 212 valence electrons. The molecule has 1 atom stereocenters. The van der Waals surface area contributed by atoms with Crippen molar-refractivity contribution in [2.75, 3.05) is 11.4 Å². The first-order valence-corrected chi connectivity index (χ1v) is 10.7. The number of nitrogens with zero attached hydrogens (tertiary/aromatic N) is 2. The van der Waals surface area contributed by atoms with E-state index in [1.165, 1.54) is 18.2 Å². The fourth-order valence-electron chi connectivity index (χ4n) is 3.33. The number of rotatable bonds is 8. The molecule has 0 aliphatic carbocycles. The highest BCUT2D eigenvalue weighted by Gasteiger charge is 2.58. The minimum absolute atomic E-state index is 0.117. The van der Waals surface area contributed by atoms with Crippen LogP contribution in [0.1, 0.15) is 16.8 Å². The van der Waals surface area contributed by atoms with Crippen molar-refractivity contribution < 1.29 is 58.1 Å². The second kappa shape index (κ2) is 10.9. The van der Waals surface area contributed by atoms with Crippen LogP contribution in [0.2, 0.25) is 0 Å². The van der Waals surface area contributed by atoms with E-state index in [4.69, 9.17) is 4.74 Å². The standard InChI is InChI=1S/C24H17F11N2O2/c25-21(26,24(33,34)35)15-4-1-3-14(9-15)12-37(13-20(38)23(30,31)32)16-5-2-6-17(10-16)39-18-7-8-36-19(11-18)22(27,28)29/h1-11,20,38H,12-13H2. The SMILES string of the molecule is OC(CN(Cc1cccc(C(F)(F)C(F)(F)F)c1)c1cccc(Oc2ccnc(C(F)(F)F)c2)c1)C(F)(F)F. The zero-order valence-corrected chi connectivity index (χ0v) is 19.2. The Balaban J connectivity index is 1.95. The summed E-state index contributed by atoms with van der Waals surface area (Å²) in [5.41, 5.74) is -3.09. The maximum atomic E-state index is 13.8. The van der Waals surface area contributed by atoms with Gasteiger partial charge in [-0.25, -0.2) is 0 Å². The fraction of sp³-hybridized carbons (Fsp3) is 0.292. The van der Waals surface area contributed by atoms with Gasteiger partial charge in [0.25, 0.3) is 0 Å². The summed E-state index contributed by atoms with van der Waals surface area (Å²) in [6, 6.07) is 9.40. The second-order valence-corrected chi connectivity index (χ2v) is 8.18. The Hall–Kier alpha value is -3.62.